The van der Waals surface area contributed by atoms with Gasteiger partial charge in [-0.15, -0.1) is 0 Å². The van der Waals surface area contributed by atoms with E-state index in [0.29, 0.717) is 23.6 Å². The molecule has 7 nitrogen and oxygen atoms in total. The van der Waals surface area contributed by atoms with E-state index in [1.165, 1.54) is 12.4 Å². The van der Waals surface area contributed by atoms with Gasteiger partial charge >= 0.3 is 0 Å². The van der Waals surface area contributed by atoms with Gasteiger partial charge in [-0.3, -0.25) is 9.59 Å². The first-order chi connectivity index (χ1) is 13.2. The second-order valence-electron chi connectivity index (χ2n) is 7.47. The molecule has 2 N–H and O–H groups in total. The van der Waals surface area contributed by atoms with Crippen molar-refractivity contribution in [3.8, 4) is 0 Å². The number of rotatable bonds is 5. The Hall–Kier alpha value is -2.70. The maximum Gasteiger partial charge on any atom is 0.246 e. The van der Waals surface area contributed by atoms with Gasteiger partial charge in [-0.2, -0.15) is 0 Å². The summed E-state index contributed by atoms with van der Waals surface area (Å²) in [5, 5.41) is 4.22. The number of fused-ring (bicyclic) bond motifs is 1. The lowest BCUT2D eigenvalue weighted by atomic mass is 9.96. The summed E-state index contributed by atoms with van der Waals surface area (Å²) in [4.78, 5) is 38.5. The van der Waals surface area contributed by atoms with Crippen molar-refractivity contribution in [2.45, 2.75) is 44.6 Å². The number of carbonyl (C=O) groups excluding carboxylic acids is 2. The molecule has 4 rings (SSSR count). The van der Waals surface area contributed by atoms with E-state index in [0.717, 1.165) is 50.5 Å². The van der Waals surface area contributed by atoms with Crippen LogP contribution in [-0.4, -0.2) is 50.7 Å². The fourth-order valence-electron chi connectivity index (χ4n) is 4.29. The smallest absolute Gasteiger partial charge is 0.246 e. The highest BCUT2D eigenvalue weighted by Crippen LogP contribution is 2.32. The largest absolute Gasteiger partial charge is 0.365 e. The summed E-state index contributed by atoms with van der Waals surface area (Å²) in [5.74, 6) is 0.907. The third kappa shape index (κ3) is 3.46. The predicted octanol–water partition coefficient (Wildman–Crippen LogP) is 2.92. The van der Waals surface area contributed by atoms with Crippen molar-refractivity contribution in [3.05, 3.63) is 30.7 Å². The molecule has 27 heavy (non-hydrogen) atoms. The van der Waals surface area contributed by atoms with Crippen molar-refractivity contribution in [2.24, 2.45) is 5.92 Å². The van der Waals surface area contributed by atoms with Crippen LogP contribution in [0, 0.1) is 5.92 Å². The van der Waals surface area contributed by atoms with Crippen LogP contribution < -0.4 is 5.32 Å². The Bertz CT molecular complexity index is 868. The van der Waals surface area contributed by atoms with E-state index in [4.69, 9.17) is 0 Å². The van der Waals surface area contributed by atoms with Crippen LogP contribution in [-0.2, 0) is 4.79 Å². The maximum absolute atomic E-state index is 13.0. The standard InChI is InChI=1S/C20H25N5O2/c1-2-16(26)25-9-5-8-14(11-25)24-20-17-15(10-21-19(17)22-12-23-20)18(27)13-6-3-4-7-13/h2,10,12-14H,1,3-9,11H2,(H2,21,22,23,24)/t14-/m1/s1. The normalized spacial score (nSPS) is 20.7. The van der Waals surface area contributed by atoms with Gasteiger partial charge in [-0.25, -0.2) is 9.97 Å². The zero-order valence-electron chi connectivity index (χ0n) is 15.4. The van der Waals surface area contributed by atoms with Crippen LogP contribution in [0.15, 0.2) is 25.2 Å². The third-order valence-corrected chi connectivity index (χ3v) is 5.71. The molecule has 2 aromatic heterocycles. The highest BCUT2D eigenvalue weighted by Gasteiger charge is 2.28. The molecule has 0 unspecified atom stereocenters. The number of hydrogen-bond acceptors (Lipinski definition) is 5. The Morgan fingerprint density at radius 3 is 2.81 bits per heavy atom. The zero-order chi connectivity index (χ0) is 18.8. The fourth-order valence-corrected chi connectivity index (χ4v) is 4.29. The minimum atomic E-state index is -0.0481. The Morgan fingerprint density at radius 1 is 1.22 bits per heavy atom. The highest BCUT2D eigenvalue weighted by molar-refractivity contribution is 6.11. The molecule has 3 heterocycles. The first-order valence-corrected chi connectivity index (χ1v) is 9.71. The van der Waals surface area contributed by atoms with E-state index in [9.17, 15) is 9.59 Å². The molecule has 7 heteroatoms. The first-order valence-electron chi connectivity index (χ1n) is 9.71. The summed E-state index contributed by atoms with van der Waals surface area (Å²) in [6.45, 7) is 4.93. The van der Waals surface area contributed by atoms with Crippen molar-refractivity contribution in [3.63, 3.8) is 0 Å². The van der Waals surface area contributed by atoms with E-state index < -0.39 is 0 Å². The van der Waals surface area contributed by atoms with Gasteiger partial charge in [0.05, 0.1) is 5.39 Å². The van der Waals surface area contributed by atoms with E-state index >= 15 is 0 Å². The molecule has 1 saturated carbocycles. The number of nitrogens with zero attached hydrogens (tertiary/aromatic N) is 3. The van der Waals surface area contributed by atoms with E-state index in [1.54, 1.807) is 11.1 Å². The second kappa shape index (κ2) is 7.50. The molecule has 1 aliphatic heterocycles. The average Bonchev–Trinajstić information content (AvgIpc) is 3.37. The fraction of sp³-hybridized carbons (Fsp3) is 0.500. The molecule has 0 aromatic carbocycles. The quantitative estimate of drug-likeness (QED) is 0.626. The predicted molar refractivity (Wildman–Crippen MR) is 104 cm³/mol. The number of carbonyl (C=O) groups is 2. The molecule has 0 bridgehead atoms. The van der Waals surface area contributed by atoms with Crippen LogP contribution in [0.5, 0.6) is 0 Å². The number of anilines is 1. The van der Waals surface area contributed by atoms with Crippen LogP contribution in [0.2, 0.25) is 0 Å². The van der Waals surface area contributed by atoms with Crippen LogP contribution in [0.1, 0.15) is 48.9 Å². The maximum atomic E-state index is 13.0. The monoisotopic (exact) mass is 367 g/mol. The van der Waals surface area contributed by atoms with Gasteiger partial charge in [0.1, 0.15) is 17.8 Å². The second-order valence-corrected chi connectivity index (χ2v) is 7.47. The zero-order valence-corrected chi connectivity index (χ0v) is 15.4. The Morgan fingerprint density at radius 2 is 2.04 bits per heavy atom. The van der Waals surface area contributed by atoms with Crippen molar-refractivity contribution < 1.29 is 9.59 Å². The number of hydrogen-bond donors (Lipinski definition) is 2. The van der Waals surface area contributed by atoms with Crippen LogP contribution >= 0.6 is 0 Å². The highest BCUT2D eigenvalue weighted by atomic mass is 16.2. The minimum absolute atomic E-state index is 0.0481. The number of ketones is 1. The minimum Gasteiger partial charge on any atom is -0.365 e. The molecule has 0 spiro atoms. The van der Waals surface area contributed by atoms with Crippen LogP contribution in [0.25, 0.3) is 11.0 Å². The van der Waals surface area contributed by atoms with Gasteiger partial charge in [0.15, 0.2) is 5.78 Å². The van der Waals surface area contributed by atoms with Gasteiger partial charge in [0, 0.05) is 36.8 Å². The van der Waals surface area contributed by atoms with E-state index in [2.05, 4.69) is 26.8 Å². The van der Waals surface area contributed by atoms with E-state index in [1.807, 2.05) is 0 Å². The number of H-pyrrole nitrogens is 1. The SMILES string of the molecule is C=CC(=O)N1CCC[C@@H](Nc2ncnc3[nH]cc(C(=O)C4CCCC4)c23)C1. The van der Waals surface area contributed by atoms with Crippen molar-refractivity contribution in [1.82, 2.24) is 19.9 Å². The molecule has 1 amide bonds. The van der Waals surface area contributed by atoms with Crippen LogP contribution in [0.4, 0.5) is 5.82 Å². The summed E-state index contributed by atoms with van der Waals surface area (Å²) in [7, 11) is 0. The Balaban J connectivity index is 1.60. The molecule has 2 aliphatic rings. The summed E-state index contributed by atoms with van der Waals surface area (Å²) in [6, 6.07) is 0.0880. The van der Waals surface area contributed by atoms with Crippen molar-refractivity contribution in [2.75, 3.05) is 18.4 Å². The average molecular weight is 367 g/mol. The third-order valence-electron chi connectivity index (χ3n) is 5.71. The van der Waals surface area contributed by atoms with Crippen LogP contribution in [0.3, 0.4) is 0 Å². The Labute approximate surface area is 158 Å². The first kappa shape index (κ1) is 17.7. The molecule has 1 saturated heterocycles. The number of amides is 1. The lowest BCUT2D eigenvalue weighted by Crippen LogP contribution is -2.44. The number of piperidine rings is 1. The van der Waals surface area contributed by atoms with Gasteiger partial charge in [0.25, 0.3) is 0 Å². The van der Waals surface area contributed by atoms with Crippen molar-refractivity contribution >= 4 is 28.5 Å². The molecule has 2 aromatic rings. The molecular formula is C20H25N5O2. The number of Topliss-reactive ketones (excluding diaryl/α,β-unsaturated/α-hetero) is 1. The van der Waals surface area contributed by atoms with Gasteiger partial charge < -0.3 is 15.2 Å². The summed E-state index contributed by atoms with van der Waals surface area (Å²) >= 11 is 0. The molecule has 2 fully saturated rings. The number of aromatic nitrogens is 3. The molecule has 0 radical (unpaired) electrons. The van der Waals surface area contributed by atoms with E-state index in [-0.39, 0.29) is 23.7 Å². The summed E-state index contributed by atoms with van der Waals surface area (Å²) < 4.78 is 0. The topological polar surface area (TPSA) is 91.0 Å². The van der Waals surface area contributed by atoms with Crippen molar-refractivity contribution in [1.29, 1.82) is 0 Å². The summed E-state index contributed by atoms with van der Waals surface area (Å²) in [6.07, 6.45) is 10.7. The molecule has 1 aliphatic carbocycles. The lowest BCUT2D eigenvalue weighted by molar-refractivity contribution is -0.127. The Kier molecular flexibility index (Phi) is 4.92. The number of nitrogens with one attached hydrogen (secondary N) is 2. The van der Waals surface area contributed by atoms with Gasteiger partial charge in [0.2, 0.25) is 5.91 Å². The number of aromatic amines is 1. The molecule has 1 atom stereocenters. The summed E-state index contributed by atoms with van der Waals surface area (Å²) in [5.41, 5.74) is 1.35. The van der Waals surface area contributed by atoms with Gasteiger partial charge in [-0.05, 0) is 31.8 Å². The number of likely N-dealkylation sites (tertiary alicyclic amines) is 1. The molecular weight excluding hydrogens is 342 g/mol. The molecule has 142 valence electrons. The lowest BCUT2D eigenvalue weighted by Gasteiger charge is -2.32. The van der Waals surface area contributed by atoms with Gasteiger partial charge in [-0.1, -0.05) is 19.4 Å².